The van der Waals surface area contributed by atoms with E-state index in [0.717, 1.165) is 36.0 Å². The SMILES string of the molecule is c1ccc(-c2cc3c4c5c2Cc2ccc6c(c25)c2c(cc(-c5cnc7ccccc7n5)c(c24)C3)C6)cc1. The van der Waals surface area contributed by atoms with Gasteiger partial charge in [0, 0.05) is 5.56 Å². The topological polar surface area (TPSA) is 25.8 Å². The van der Waals surface area contributed by atoms with Crippen LogP contribution in [-0.2, 0) is 19.3 Å². The standard InChI is InChI=1S/C35H20N2/c1-2-6-18(7-3-1)23-14-22-16-26-24(29-17-36-27-8-4-5-9-28(27)37-29)15-21-12-19-10-11-20-13-25(23)34-31(20)30(19)32(21)35(26)33(22)34/h1-11,14-15,17H,12-13,16H2. The van der Waals surface area contributed by atoms with Crippen molar-refractivity contribution in [2.75, 3.05) is 0 Å². The Hall–Kier alpha value is -4.56. The van der Waals surface area contributed by atoms with Crippen LogP contribution in [0.15, 0.2) is 85.1 Å². The predicted molar refractivity (Wildman–Crippen MR) is 151 cm³/mol. The van der Waals surface area contributed by atoms with Crippen molar-refractivity contribution in [3.8, 4) is 22.4 Å². The van der Waals surface area contributed by atoms with Crippen LogP contribution >= 0.6 is 0 Å². The highest BCUT2D eigenvalue weighted by molar-refractivity contribution is 6.34. The molecule has 0 N–H and O–H groups in total. The maximum absolute atomic E-state index is 5.10. The van der Waals surface area contributed by atoms with E-state index in [2.05, 4.69) is 60.7 Å². The number of rotatable bonds is 2. The molecule has 0 amide bonds. The van der Waals surface area contributed by atoms with Crippen LogP contribution in [0.25, 0.3) is 65.7 Å². The second-order valence-electron chi connectivity index (χ2n) is 10.9. The lowest BCUT2D eigenvalue weighted by Crippen LogP contribution is -1.95. The Morgan fingerprint density at radius 1 is 0.486 bits per heavy atom. The van der Waals surface area contributed by atoms with Gasteiger partial charge in [-0.3, -0.25) is 4.98 Å². The van der Waals surface area contributed by atoms with Crippen LogP contribution in [0, 0.1) is 0 Å². The zero-order chi connectivity index (χ0) is 23.8. The van der Waals surface area contributed by atoms with Crippen molar-refractivity contribution in [1.82, 2.24) is 9.97 Å². The Bertz CT molecular complexity index is 2210. The molecule has 2 heteroatoms. The molecule has 0 fully saturated rings. The van der Waals surface area contributed by atoms with Gasteiger partial charge in [0.05, 0.1) is 22.9 Å². The Morgan fingerprint density at radius 3 is 1.95 bits per heavy atom. The number of aromatic nitrogens is 2. The molecule has 3 aliphatic rings. The van der Waals surface area contributed by atoms with E-state index in [9.17, 15) is 0 Å². The van der Waals surface area contributed by atoms with E-state index in [0.29, 0.717) is 0 Å². The van der Waals surface area contributed by atoms with E-state index < -0.39 is 0 Å². The van der Waals surface area contributed by atoms with Gasteiger partial charge in [-0.15, -0.1) is 0 Å². The van der Waals surface area contributed by atoms with E-state index in [1.165, 1.54) is 82.4 Å². The summed E-state index contributed by atoms with van der Waals surface area (Å²) in [7, 11) is 0. The summed E-state index contributed by atoms with van der Waals surface area (Å²) in [6, 6.07) is 28.9. The van der Waals surface area contributed by atoms with Gasteiger partial charge in [-0.1, -0.05) is 54.6 Å². The summed E-state index contributed by atoms with van der Waals surface area (Å²) < 4.78 is 0. The van der Waals surface area contributed by atoms with Gasteiger partial charge < -0.3 is 0 Å². The lowest BCUT2D eigenvalue weighted by atomic mass is 9.90. The zero-order valence-corrected chi connectivity index (χ0v) is 20.1. The van der Waals surface area contributed by atoms with Crippen LogP contribution in [0.5, 0.6) is 0 Å². The molecule has 0 radical (unpaired) electrons. The second-order valence-corrected chi connectivity index (χ2v) is 10.9. The molecule has 0 unspecified atom stereocenters. The lowest BCUT2D eigenvalue weighted by Gasteiger charge is -2.13. The highest BCUT2D eigenvalue weighted by atomic mass is 14.8. The van der Waals surface area contributed by atoms with Gasteiger partial charge in [0.2, 0.25) is 0 Å². The Balaban J connectivity index is 1.37. The Labute approximate surface area is 213 Å². The average molecular weight is 469 g/mol. The molecule has 37 heavy (non-hydrogen) atoms. The molecular weight excluding hydrogens is 448 g/mol. The smallest absolute Gasteiger partial charge is 0.0896 e. The second kappa shape index (κ2) is 6.22. The molecular formula is C35H20N2. The normalized spacial score (nSPS) is 14.2. The average Bonchev–Trinajstić information content (AvgIpc) is 3.62. The van der Waals surface area contributed by atoms with Crippen molar-refractivity contribution in [1.29, 1.82) is 0 Å². The largest absolute Gasteiger partial charge is 0.252 e. The lowest BCUT2D eigenvalue weighted by molar-refractivity contribution is 1.22. The van der Waals surface area contributed by atoms with Crippen molar-refractivity contribution in [3.05, 3.63) is 118 Å². The molecule has 3 aliphatic carbocycles. The summed E-state index contributed by atoms with van der Waals surface area (Å²) in [6.45, 7) is 0. The first-order valence-corrected chi connectivity index (χ1v) is 13.1. The summed E-state index contributed by atoms with van der Waals surface area (Å²) >= 11 is 0. The van der Waals surface area contributed by atoms with Crippen molar-refractivity contribution in [2.45, 2.75) is 19.3 Å². The highest BCUT2D eigenvalue weighted by Gasteiger charge is 2.34. The van der Waals surface area contributed by atoms with Crippen molar-refractivity contribution in [2.24, 2.45) is 0 Å². The fraction of sp³-hybridized carbons (Fsp3) is 0.0857. The first kappa shape index (κ1) is 18.7. The maximum Gasteiger partial charge on any atom is 0.0896 e. The van der Waals surface area contributed by atoms with Crippen LogP contribution < -0.4 is 0 Å². The Kier molecular flexibility index (Phi) is 3.14. The molecule has 170 valence electrons. The highest BCUT2D eigenvalue weighted by Crippen LogP contribution is 2.56. The van der Waals surface area contributed by atoms with Crippen LogP contribution in [0.3, 0.4) is 0 Å². The van der Waals surface area contributed by atoms with E-state index in [1.54, 1.807) is 0 Å². The fourth-order valence-corrected chi connectivity index (χ4v) is 7.66. The summed E-state index contributed by atoms with van der Waals surface area (Å²) in [5.41, 5.74) is 15.7. The predicted octanol–water partition coefficient (Wildman–Crippen LogP) is 8.14. The van der Waals surface area contributed by atoms with Crippen LogP contribution in [0.4, 0.5) is 0 Å². The summed E-state index contributed by atoms with van der Waals surface area (Å²) in [5.74, 6) is 0. The zero-order valence-electron chi connectivity index (χ0n) is 20.1. The molecule has 10 rings (SSSR count). The molecule has 0 aliphatic heterocycles. The number of fused-ring (bicyclic) bond motifs is 1. The number of hydrogen-bond acceptors (Lipinski definition) is 2. The Morgan fingerprint density at radius 2 is 1.08 bits per heavy atom. The van der Waals surface area contributed by atoms with Crippen molar-refractivity contribution < 1.29 is 0 Å². The van der Waals surface area contributed by atoms with Gasteiger partial charge in [0.1, 0.15) is 0 Å². The fourth-order valence-electron chi connectivity index (χ4n) is 7.66. The number of para-hydroxylation sites is 2. The van der Waals surface area contributed by atoms with Crippen LogP contribution in [0.1, 0.15) is 33.4 Å². The molecule has 7 aromatic rings. The van der Waals surface area contributed by atoms with Gasteiger partial charge in [0.15, 0.2) is 0 Å². The molecule has 0 spiro atoms. The minimum Gasteiger partial charge on any atom is -0.252 e. The third-order valence-corrected chi connectivity index (χ3v) is 9.09. The van der Waals surface area contributed by atoms with Gasteiger partial charge in [-0.2, -0.15) is 0 Å². The molecule has 0 bridgehead atoms. The summed E-state index contributed by atoms with van der Waals surface area (Å²) in [5, 5.41) is 9.05. The monoisotopic (exact) mass is 468 g/mol. The number of benzene rings is 6. The van der Waals surface area contributed by atoms with E-state index >= 15 is 0 Å². The molecule has 0 saturated heterocycles. The van der Waals surface area contributed by atoms with E-state index in [4.69, 9.17) is 9.97 Å². The van der Waals surface area contributed by atoms with Crippen molar-refractivity contribution in [3.63, 3.8) is 0 Å². The summed E-state index contributed by atoms with van der Waals surface area (Å²) in [4.78, 5) is 9.89. The molecule has 0 atom stereocenters. The summed E-state index contributed by atoms with van der Waals surface area (Å²) in [6.07, 6.45) is 4.96. The first-order chi connectivity index (χ1) is 18.3. The quantitative estimate of drug-likeness (QED) is 0.239. The first-order valence-electron chi connectivity index (χ1n) is 13.1. The molecule has 1 aromatic heterocycles. The minimum absolute atomic E-state index is 0.948. The van der Waals surface area contributed by atoms with Gasteiger partial charge in [0.25, 0.3) is 0 Å². The third-order valence-electron chi connectivity index (χ3n) is 9.09. The third kappa shape index (κ3) is 2.16. The number of hydrogen-bond donors (Lipinski definition) is 0. The van der Waals surface area contributed by atoms with E-state index in [-0.39, 0.29) is 0 Å². The number of nitrogens with zero attached hydrogens (tertiary/aromatic N) is 2. The van der Waals surface area contributed by atoms with Gasteiger partial charge in [-0.25, -0.2) is 4.98 Å². The molecule has 1 heterocycles. The van der Waals surface area contributed by atoms with Crippen molar-refractivity contribution >= 4 is 43.4 Å². The maximum atomic E-state index is 5.10. The van der Waals surface area contributed by atoms with Gasteiger partial charge in [-0.05, 0) is 120 Å². The van der Waals surface area contributed by atoms with Crippen LogP contribution in [-0.4, -0.2) is 9.97 Å². The van der Waals surface area contributed by atoms with Gasteiger partial charge >= 0.3 is 0 Å². The molecule has 6 aromatic carbocycles. The van der Waals surface area contributed by atoms with Crippen LogP contribution in [0.2, 0.25) is 0 Å². The molecule has 2 nitrogen and oxygen atoms in total. The van der Waals surface area contributed by atoms with E-state index in [1.807, 2.05) is 24.4 Å². The molecule has 0 saturated carbocycles. The minimum atomic E-state index is 0.948.